The van der Waals surface area contributed by atoms with Crippen LogP contribution in [0.4, 0.5) is 11.4 Å². The fraction of sp³-hybridized carbons (Fsp3) is 0.333. The number of aromatic hydroxyl groups is 1. The highest BCUT2D eigenvalue weighted by molar-refractivity contribution is 6.30. The number of methoxy groups -OCH3 is 1. The largest absolute Gasteiger partial charge is 0.504 e. The summed E-state index contributed by atoms with van der Waals surface area (Å²) in [6, 6.07) is 13.7. The number of hydrogen-bond acceptors (Lipinski definition) is 4. The maximum atomic E-state index is 9.87. The molecule has 2 aromatic rings. The van der Waals surface area contributed by atoms with Crippen molar-refractivity contribution in [2.24, 2.45) is 0 Å². The predicted octanol–water partition coefficient (Wildman–Crippen LogP) is 3.94. The van der Waals surface area contributed by atoms with Gasteiger partial charge in [-0.05, 0) is 56.3 Å². The van der Waals surface area contributed by atoms with Gasteiger partial charge in [0.15, 0.2) is 11.5 Å². The second-order valence-corrected chi connectivity index (χ2v) is 6.12. The van der Waals surface area contributed by atoms with Crippen molar-refractivity contribution >= 4 is 23.0 Å². The van der Waals surface area contributed by atoms with Crippen LogP contribution < -0.4 is 15.0 Å². The Bertz CT molecular complexity index is 672. The lowest BCUT2D eigenvalue weighted by molar-refractivity contribution is 0.373. The molecule has 0 saturated carbocycles. The van der Waals surface area contributed by atoms with Crippen molar-refractivity contribution in [3.63, 3.8) is 0 Å². The van der Waals surface area contributed by atoms with E-state index in [1.54, 1.807) is 13.2 Å². The zero-order valence-corrected chi connectivity index (χ0v) is 13.9. The molecule has 0 bridgehead atoms. The maximum absolute atomic E-state index is 9.87. The first kappa shape index (κ1) is 16.0. The lowest BCUT2D eigenvalue weighted by Gasteiger charge is -2.36. The molecule has 0 aliphatic carbocycles. The standard InChI is InChI=1S/C18H21ClN2O2/c1-23-18-12-16(5-6-17(18)22)21(14-7-9-20-10-8-14)15-4-2-3-13(19)11-15/h2-6,11-12,14,20,22H,7-10H2,1H3. The smallest absolute Gasteiger partial charge is 0.162 e. The molecule has 1 heterocycles. The highest BCUT2D eigenvalue weighted by Crippen LogP contribution is 2.37. The molecule has 5 heteroatoms. The molecule has 0 unspecified atom stereocenters. The first-order chi connectivity index (χ1) is 11.2. The van der Waals surface area contributed by atoms with Gasteiger partial charge in [-0.2, -0.15) is 0 Å². The first-order valence-corrected chi connectivity index (χ1v) is 8.19. The van der Waals surface area contributed by atoms with E-state index in [0.29, 0.717) is 16.8 Å². The second-order valence-electron chi connectivity index (χ2n) is 5.69. The summed E-state index contributed by atoms with van der Waals surface area (Å²) in [5.74, 6) is 0.621. The van der Waals surface area contributed by atoms with Crippen molar-refractivity contribution in [3.8, 4) is 11.5 Å². The molecule has 0 spiro atoms. The van der Waals surface area contributed by atoms with Gasteiger partial charge in [-0.25, -0.2) is 0 Å². The average Bonchev–Trinajstić information content (AvgIpc) is 2.58. The van der Waals surface area contributed by atoms with Crippen LogP contribution in [0.1, 0.15) is 12.8 Å². The van der Waals surface area contributed by atoms with Crippen molar-refractivity contribution in [2.75, 3.05) is 25.1 Å². The molecule has 3 rings (SSSR count). The summed E-state index contributed by atoms with van der Waals surface area (Å²) < 4.78 is 5.27. The fourth-order valence-electron chi connectivity index (χ4n) is 3.08. The van der Waals surface area contributed by atoms with E-state index in [9.17, 15) is 5.11 Å². The molecule has 1 fully saturated rings. The third-order valence-electron chi connectivity index (χ3n) is 4.20. The van der Waals surface area contributed by atoms with Crippen molar-refractivity contribution in [2.45, 2.75) is 18.9 Å². The minimum absolute atomic E-state index is 0.146. The highest BCUT2D eigenvalue weighted by atomic mass is 35.5. The summed E-state index contributed by atoms with van der Waals surface area (Å²) in [5, 5.41) is 14.0. The van der Waals surface area contributed by atoms with Crippen molar-refractivity contribution in [1.82, 2.24) is 5.32 Å². The number of piperidine rings is 1. The van der Waals surface area contributed by atoms with E-state index in [4.69, 9.17) is 16.3 Å². The number of phenols is 1. The number of ether oxygens (including phenoxy) is 1. The Morgan fingerprint density at radius 1 is 1.13 bits per heavy atom. The van der Waals surface area contributed by atoms with Crippen LogP contribution in [0.25, 0.3) is 0 Å². The third kappa shape index (κ3) is 3.54. The van der Waals surface area contributed by atoms with E-state index in [1.807, 2.05) is 30.3 Å². The Balaban J connectivity index is 2.04. The molecular weight excluding hydrogens is 312 g/mol. The number of anilines is 2. The molecule has 1 aliphatic heterocycles. The van der Waals surface area contributed by atoms with Gasteiger partial charge in [0.25, 0.3) is 0 Å². The summed E-state index contributed by atoms with van der Waals surface area (Å²) in [6.07, 6.45) is 2.10. The maximum Gasteiger partial charge on any atom is 0.162 e. The SMILES string of the molecule is COc1cc(N(c2cccc(Cl)c2)C2CCNCC2)ccc1O. The van der Waals surface area contributed by atoms with Gasteiger partial charge in [-0.15, -0.1) is 0 Å². The minimum atomic E-state index is 0.146. The molecule has 0 atom stereocenters. The molecular formula is C18H21ClN2O2. The summed E-state index contributed by atoms with van der Waals surface area (Å²) >= 11 is 6.20. The Hall–Kier alpha value is -1.91. The third-order valence-corrected chi connectivity index (χ3v) is 4.44. The topological polar surface area (TPSA) is 44.7 Å². The number of rotatable bonds is 4. The zero-order valence-electron chi connectivity index (χ0n) is 13.1. The Labute approximate surface area is 141 Å². The number of phenolic OH excluding ortho intramolecular Hbond substituents is 1. The molecule has 23 heavy (non-hydrogen) atoms. The van der Waals surface area contributed by atoms with Gasteiger partial charge in [0.2, 0.25) is 0 Å². The van der Waals surface area contributed by atoms with Gasteiger partial charge in [0.1, 0.15) is 0 Å². The Morgan fingerprint density at radius 3 is 2.57 bits per heavy atom. The second kappa shape index (κ2) is 7.11. The highest BCUT2D eigenvalue weighted by Gasteiger charge is 2.23. The molecule has 2 N–H and O–H groups in total. The minimum Gasteiger partial charge on any atom is -0.504 e. The monoisotopic (exact) mass is 332 g/mol. The average molecular weight is 333 g/mol. The van der Waals surface area contributed by atoms with Crippen LogP contribution in [0.15, 0.2) is 42.5 Å². The fourth-order valence-corrected chi connectivity index (χ4v) is 3.26. The summed E-state index contributed by atoms with van der Waals surface area (Å²) in [7, 11) is 1.56. The Morgan fingerprint density at radius 2 is 1.87 bits per heavy atom. The molecule has 4 nitrogen and oxygen atoms in total. The van der Waals surface area contributed by atoms with Crippen LogP contribution in [0, 0.1) is 0 Å². The van der Waals surface area contributed by atoms with Crippen molar-refractivity contribution in [1.29, 1.82) is 0 Å². The van der Waals surface area contributed by atoms with Crippen LogP contribution in [0.5, 0.6) is 11.5 Å². The summed E-state index contributed by atoms with van der Waals surface area (Å²) in [5.41, 5.74) is 2.05. The van der Waals surface area contributed by atoms with Gasteiger partial charge in [-0.3, -0.25) is 0 Å². The number of benzene rings is 2. The van der Waals surface area contributed by atoms with Gasteiger partial charge < -0.3 is 20.1 Å². The molecule has 0 radical (unpaired) electrons. The van der Waals surface area contributed by atoms with Gasteiger partial charge in [0, 0.05) is 28.5 Å². The lowest BCUT2D eigenvalue weighted by atomic mass is 10.0. The summed E-state index contributed by atoms with van der Waals surface area (Å²) in [4.78, 5) is 2.29. The van der Waals surface area contributed by atoms with Crippen molar-refractivity contribution < 1.29 is 9.84 Å². The summed E-state index contributed by atoms with van der Waals surface area (Å²) in [6.45, 7) is 1.99. The van der Waals surface area contributed by atoms with Gasteiger partial charge in [-0.1, -0.05) is 17.7 Å². The van der Waals surface area contributed by atoms with Crippen LogP contribution in [-0.2, 0) is 0 Å². The van der Waals surface area contributed by atoms with E-state index >= 15 is 0 Å². The normalized spacial score (nSPS) is 15.4. The molecule has 1 aliphatic rings. The van der Waals surface area contributed by atoms with Gasteiger partial charge >= 0.3 is 0 Å². The quantitative estimate of drug-likeness (QED) is 0.890. The Kier molecular flexibility index (Phi) is 4.94. The number of halogens is 1. The molecule has 1 saturated heterocycles. The zero-order chi connectivity index (χ0) is 16.2. The molecule has 122 valence electrons. The van der Waals surface area contributed by atoms with Crippen LogP contribution >= 0.6 is 11.6 Å². The van der Waals surface area contributed by atoms with E-state index in [-0.39, 0.29) is 5.75 Å². The van der Waals surface area contributed by atoms with Crippen molar-refractivity contribution in [3.05, 3.63) is 47.5 Å². The number of hydrogen-bond donors (Lipinski definition) is 2. The lowest BCUT2D eigenvalue weighted by Crippen LogP contribution is -2.40. The van der Waals surface area contributed by atoms with E-state index in [1.165, 1.54) is 0 Å². The van der Waals surface area contributed by atoms with Gasteiger partial charge in [0.05, 0.1) is 7.11 Å². The number of nitrogens with zero attached hydrogens (tertiary/aromatic N) is 1. The molecule has 0 amide bonds. The number of nitrogens with one attached hydrogen (secondary N) is 1. The predicted molar refractivity (Wildman–Crippen MR) is 94.1 cm³/mol. The van der Waals surface area contributed by atoms with Crippen LogP contribution in [0.2, 0.25) is 5.02 Å². The van der Waals surface area contributed by atoms with E-state index in [0.717, 1.165) is 37.3 Å². The molecule has 2 aromatic carbocycles. The molecule has 0 aromatic heterocycles. The van der Waals surface area contributed by atoms with E-state index in [2.05, 4.69) is 16.3 Å². The van der Waals surface area contributed by atoms with Crippen LogP contribution in [-0.4, -0.2) is 31.3 Å². The first-order valence-electron chi connectivity index (χ1n) is 7.81. The van der Waals surface area contributed by atoms with Crippen LogP contribution in [0.3, 0.4) is 0 Å². The van der Waals surface area contributed by atoms with E-state index < -0.39 is 0 Å².